The van der Waals surface area contributed by atoms with Gasteiger partial charge in [0, 0.05) is 7.05 Å². The van der Waals surface area contributed by atoms with E-state index in [1.807, 2.05) is 0 Å². The molecule has 0 saturated heterocycles. The van der Waals surface area contributed by atoms with Crippen molar-refractivity contribution in [3.63, 3.8) is 0 Å². The Hall–Kier alpha value is -2.31. The Kier molecular flexibility index (Phi) is 3.55. The van der Waals surface area contributed by atoms with E-state index in [1.165, 1.54) is 31.3 Å². The molecule has 5 nitrogen and oxygen atoms in total. The number of hydrogen-bond acceptors (Lipinski definition) is 3. The molecular formula is C12H12F2N4O. The summed E-state index contributed by atoms with van der Waals surface area (Å²) in [7, 11) is 1.44. The predicted molar refractivity (Wildman–Crippen MR) is 63.3 cm³/mol. The fourth-order valence-corrected chi connectivity index (χ4v) is 1.65. The van der Waals surface area contributed by atoms with Crippen LogP contribution in [0.4, 0.5) is 8.78 Å². The minimum atomic E-state index is -0.877. The maximum Gasteiger partial charge on any atom is 0.259 e. The molecule has 0 saturated carbocycles. The van der Waals surface area contributed by atoms with Crippen LogP contribution < -0.4 is 0 Å². The lowest BCUT2D eigenvalue weighted by atomic mass is 10.1. The number of aromatic nitrogens is 3. The summed E-state index contributed by atoms with van der Waals surface area (Å²) < 4.78 is 27.4. The molecule has 2 aromatic rings. The highest BCUT2D eigenvalue weighted by atomic mass is 19.1. The molecule has 0 radical (unpaired) electrons. The molecule has 1 heterocycles. The SMILES string of the molecule is Cc1ccc(F)c(C(=O)N(C)Cc2ncn[nH]2)c1F. The van der Waals surface area contributed by atoms with Crippen molar-refractivity contribution in [1.82, 2.24) is 20.1 Å². The normalized spacial score (nSPS) is 10.5. The van der Waals surface area contributed by atoms with Gasteiger partial charge in [0.15, 0.2) is 0 Å². The van der Waals surface area contributed by atoms with Gasteiger partial charge in [0.1, 0.15) is 29.3 Å². The first-order chi connectivity index (χ1) is 9.00. The molecule has 1 aromatic carbocycles. The Morgan fingerprint density at radius 3 is 2.79 bits per heavy atom. The summed E-state index contributed by atoms with van der Waals surface area (Å²) >= 11 is 0. The molecule has 7 heteroatoms. The summed E-state index contributed by atoms with van der Waals surface area (Å²) in [4.78, 5) is 17.1. The fourth-order valence-electron chi connectivity index (χ4n) is 1.65. The second kappa shape index (κ2) is 5.13. The van der Waals surface area contributed by atoms with Crippen LogP contribution in [0, 0.1) is 18.6 Å². The van der Waals surface area contributed by atoms with Crippen LogP contribution in [0.15, 0.2) is 18.5 Å². The Bertz CT molecular complexity index is 598. The summed E-state index contributed by atoms with van der Waals surface area (Å²) in [6, 6.07) is 2.37. The average molecular weight is 266 g/mol. The first-order valence-corrected chi connectivity index (χ1v) is 5.55. The second-order valence-corrected chi connectivity index (χ2v) is 4.15. The molecule has 0 aliphatic heterocycles. The first-order valence-electron chi connectivity index (χ1n) is 5.55. The molecule has 1 aromatic heterocycles. The molecule has 19 heavy (non-hydrogen) atoms. The zero-order valence-corrected chi connectivity index (χ0v) is 10.4. The van der Waals surface area contributed by atoms with Gasteiger partial charge in [-0.1, -0.05) is 6.07 Å². The smallest absolute Gasteiger partial charge is 0.259 e. The van der Waals surface area contributed by atoms with Gasteiger partial charge in [-0.15, -0.1) is 0 Å². The van der Waals surface area contributed by atoms with Crippen molar-refractivity contribution in [2.75, 3.05) is 7.05 Å². The maximum absolute atomic E-state index is 13.8. The van der Waals surface area contributed by atoms with E-state index in [0.29, 0.717) is 5.82 Å². The molecule has 1 N–H and O–H groups in total. The fraction of sp³-hybridized carbons (Fsp3) is 0.250. The van der Waals surface area contributed by atoms with Crippen LogP contribution >= 0.6 is 0 Å². The molecule has 2 rings (SSSR count). The topological polar surface area (TPSA) is 61.9 Å². The molecule has 0 bridgehead atoms. The van der Waals surface area contributed by atoms with Gasteiger partial charge in [0.25, 0.3) is 5.91 Å². The molecule has 0 aliphatic carbocycles. The van der Waals surface area contributed by atoms with Gasteiger partial charge in [-0.2, -0.15) is 5.10 Å². The van der Waals surface area contributed by atoms with Crippen LogP contribution in [0.5, 0.6) is 0 Å². The molecule has 0 fully saturated rings. The first kappa shape index (κ1) is 13.1. The third-order valence-electron chi connectivity index (χ3n) is 2.70. The Morgan fingerprint density at radius 1 is 1.42 bits per heavy atom. The number of amides is 1. The van der Waals surface area contributed by atoms with Crippen molar-refractivity contribution in [3.8, 4) is 0 Å². The highest BCUT2D eigenvalue weighted by Crippen LogP contribution is 2.18. The van der Waals surface area contributed by atoms with E-state index in [0.717, 1.165) is 6.07 Å². The summed E-state index contributed by atoms with van der Waals surface area (Å²) in [5.41, 5.74) is -0.333. The third-order valence-corrected chi connectivity index (χ3v) is 2.70. The molecule has 0 atom stereocenters. The summed E-state index contributed by atoms with van der Waals surface area (Å²) in [5, 5.41) is 6.21. The van der Waals surface area contributed by atoms with Crippen LogP contribution in [0.3, 0.4) is 0 Å². The Balaban J connectivity index is 2.27. The summed E-state index contributed by atoms with van der Waals surface area (Å²) in [6.45, 7) is 1.56. The van der Waals surface area contributed by atoms with Gasteiger partial charge >= 0.3 is 0 Å². The Labute approximate surface area is 108 Å². The molecule has 0 aliphatic rings. The molecule has 1 amide bonds. The minimum Gasteiger partial charge on any atom is -0.334 e. The monoisotopic (exact) mass is 266 g/mol. The zero-order valence-electron chi connectivity index (χ0n) is 10.4. The number of rotatable bonds is 3. The van der Waals surface area contributed by atoms with E-state index >= 15 is 0 Å². The van der Waals surface area contributed by atoms with E-state index in [-0.39, 0.29) is 12.1 Å². The van der Waals surface area contributed by atoms with Crippen molar-refractivity contribution < 1.29 is 13.6 Å². The van der Waals surface area contributed by atoms with Crippen LogP contribution in [0.2, 0.25) is 0 Å². The van der Waals surface area contributed by atoms with Crippen LogP contribution in [0.1, 0.15) is 21.7 Å². The van der Waals surface area contributed by atoms with Gasteiger partial charge < -0.3 is 4.90 Å². The number of nitrogens with zero attached hydrogens (tertiary/aromatic N) is 3. The highest BCUT2D eigenvalue weighted by molar-refractivity contribution is 5.94. The minimum absolute atomic E-state index is 0.0889. The van der Waals surface area contributed by atoms with Crippen LogP contribution in [-0.2, 0) is 6.54 Å². The maximum atomic E-state index is 13.8. The lowest BCUT2D eigenvalue weighted by molar-refractivity contribution is 0.0771. The Morgan fingerprint density at radius 2 is 2.16 bits per heavy atom. The van der Waals surface area contributed by atoms with Gasteiger partial charge in [0.05, 0.1) is 6.54 Å². The largest absolute Gasteiger partial charge is 0.334 e. The van der Waals surface area contributed by atoms with Crippen molar-refractivity contribution in [3.05, 3.63) is 47.0 Å². The van der Waals surface area contributed by atoms with Crippen LogP contribution in [0.25, 0.3) is 0 Å². The third kappa shape index (κ3) is 2.59. The second-order valence-electron chi connectivity index (χ2n) is 4.15. The number of aromatic amines is 1. The molecule has 0 spiro atoms. The van der Waals surface area contributed by atoms with E-state index in [1.54, 1.807) is 0 Å². The number of carbonyl (C=O) groups excluding carboxylic acids is 1. The van der Waals surface area contributed by atoms with Gasteiger partial charge in [0.2, 0.25) is 0 Å². The van der Waals surface area contributed by atoms with Crippen molar-refractivity contribution in [2.24, 2.45) is 0 Å². The van der Waals surface area contributed by atoms with Gasteiger partial charge in [-0.25, -0.2) is 13.8 Å². The van der Waals surface area contributed by atoms with Crippen molar-refractivity contribution >= 4 is 5.91 Å². The number of H-pyrrole nitrogens is 1. The van der Waals surface area contributed by atoms with Gasteiger partial charge in [-0.05, 0) is 18.6 Å². The van der Waals surface area contributed by atoms with Crippen molar-refractivity contribution in [1.29, 1.82) is 0 Å². The number of carbonyl (C=O) groups is 1. The number of nitrogens with one attached hydrogen (secondary N) is 1. The number of hydrogen-bond donors (Lipinski definition) is 1. The lowest BCUT2D eigenvalue weighted by Crippen LogP contribution is -2.28. The summed E-state index contributed by atoms with van der Waals surface area (Å²) in [5.74, 6) is -2.02. The summed E-state index contributed by atoms with van der Waals surface area (Å²) in [6.07, 6.45) is 1.29. The van der Waals surface area contributed by atoms with E-state index in [2.05, 4.69) is 15.2 Å². The predicted octanol–water partition coefficient (Wildman–Crippen LogP) is 1.66. The number of aryl methyl sites for hydroxylation is 1. The van der Waals surface area contributed by atoms with Gasteiger partial charge in [-0.3, -0.25) is 9.89 Å². The standard InChI is InChI=1S/C12H12F2N4O/c1-7-3-4-8(13)10(11(7)14)12(19)18(2)5-9-15-6-16-17-9/h3-4,6H,5H2,1-2H3,(H,15,16,17). The van der Waals surface area contributed by atoms with E-state index < -0.39 is 23.1 Å². The van der Waals surface area contributed by atoms with E-state index in [9.17, 15) is 13.6 Å². The average Bonchev–Trinajstić information content (AvgIpc) is 2.87. The molecule has 0 unspecified atom stereocenters. The molecular weight excluding hydrogens is 254 g/mol. The number of halogens is 2. The number of benzene rings is 1. The lowest BCUT2D eigenvalue weighted by Gasteiger charge is -2.17. The molecule has 100 valence electrons. The van der Waals surface area contributed by atoms with E-state index in [4.69, 9.17) is 0 Å². The van der Waals surface area contributed by atoms with Crippen LogP contribution in [-0.4, -0.2) is 33.0 Å². The van der Waals surface area contributed by atoms with Crippen molar-refractivity contribution in [2.45, 2.75) is 13.5 Å². The zero-order chi connectivity index (χ0) is 14.0. The quantitative estimate of drug-likeness (QED) is 0.919. The highest BCUT2D eigenvalue weighted by Gasteiger charge is 2.22.